The molecule has 3 heteroatoms. The molecule has 12 heavy (non-hydrogen) atoms. The second-order valence-corrected chi connectivity index (χ2v) is 3.68. The Kier molecular flexibility index (Phi) is 3.05. The summed E-state index contributed by atoms with van der Waals surface area (Å²) in [5.41, 5.74) is 6.11. The number of aryl methyl sites for hydroxylation is 1. The van der Waals surface area contributed by atoms with E-state index in [0.717, 1.165) is 5.56 Å². The fourth-order valence-electron chi connectivity index (χ4n) is 0.862. The largest absolute Gasteiger partial charge is 0.369 e. The third kappa shape index (κ3) is 2.88. The van der Waals surface area contributed by atoms with E-state index in [1.165, 1.54) is 4.88 Å². The summed E-state index contributed by atoms with van der Waals surface area (Å²) in [6, 6.07) is 2.07. The highest BCUT2D eigenvalue weighted by molar-refractivity contribution is 7.10. The van der Waals surface area contributed by atoms with Gasteiger partial charge in [-0.3, -0.25) is 4.79 Å². The van der Waals surface area contributed by atoms with Crippen molar-refractivity contribution in [2.75, 3.05) is 0 Å². The molecule has 0 aromatic carbocycles. The molecule has 0 radical (unpaired) electrons. The summed E-state index contributed by atoms with van der Waals surface area (Å²) in [6.45, 7) is 2.05. The van der Waals surface area contributed by atoms with E-state index in [1.54, 1.807) is 17.4 Å². The van der Waals surface area contributed by atoms with Crippen LogP contribution in [0, 0.1) is 6.92 Å². The topological polar surface area (TPSA) is 43.1 Å². The van der Waals surface area contributed by atoms with Crippen molar-refractivity contribution in [2.45, 2.75) is 13.3 Å². The maximum Gasteiger partial charge on any atom is 0.221 e. The van der Waals surface area contributed by atoms with Crippen molar-refractivity contribution < 1.29 is 4.79 Å². The lowest BCUT2D eigenvalue weighted by atomic mass is 10.2. The fourth-order valence-corrected chi connectivity index (χ4v) is 1.54. The van der Waals surface area contributed by atoms with Crippen LogP contribution in [-0.4, -0.2) is 5.91 Å². The maximum absolute atomic E-state index is 10.4. The highest BCUT2D eigenvalue weighted by Gasteiger charge is 1.91. The first-order chi connectivity index (χ1) is 5.68. The number of nitrogens with two attached hydrogens (primary N) is 1. The molecule has 1 rings (SSSR count). The van der Waals surface area contributed by atoms with E-state index in [4.69, 9.17) is 5.73 Å². The van der Waals surface area contributed by atoms with Crippen LogP contribution in [0.2, 0.25) is 0 Å². The highest BCUT2D eigenvalue weighted by Crippen LogP contribution is 2.14. The summed E-state index contributed by atoms with van der Waals surface area (Å²) in [4.78, 5) is 11.6. The molecule has 0 bridgehead atoms. The van der Waals surface area contributed by atoms with E-state index in [0.29, 0.717) is 6.42 Å². The number of thiophene rings is 1. The zero-order chi connectivity index (χ0) is 8.97. The number of hydrogen-bond acceptors (Lipinski definition) is 2. The minimum Gasteiger partial charge on any atom is -0.369 e. The fraction of sp³-hybridized carbons (Fsp3) is 0.222. The van der Waals surface area contributed by atoms with Gasteiger partial charge in [-0.1, -0.05) is 12.2 Å². The molecule has 0 saturated heterocycles. The van der Waals surface area contributed by atoms with Gasteiger partial charge in [0.15, 0.2) is 0 Å². The lowest BCUT2D eigenvalue weighted by Gasteiger charge is -1.84. The van der Waals surface area contributed by atoms with Gasteiger partial charge in [-0.15, -0.1) is 11.3 Å². The zero-order valence-corrected chi connectivity index (χ0v) is 7.73. The second-order valence-electron chi connectivity index (χ2n) is 2.56. The predicted octanol–water partition coefficient (Wildman–Crippen LogP) is 1.95. The van der Waals surface area contributed by atoms with E-state index in [1.807, 2.05) is 11.5 Å². The van der Waals surface area contributed by atoms with Crippen molar-refractivity contribution >= 4 is 23.3 Å². The van der Waals surface area contributed by atoms with E-state index in [-0.39, 0.29) is 5.91 Å². The normalized spacial score (nSPS) is 10.8. The Labute approximate surface area is 75.7 Å². The van der Waals surface area contributed by atoms with E-state index >= 15 is 0 Å². The quantitative estimate of drug-likeness (QED) is 0.761. The zero-order valence-electron chi connectivity index (χ0n) is 6.91. The molecule has 0 aliphatic rings. The van der Waals surface area contributed by atoms with Crippen molar-refractivity contribution in [3.63, 3.8) is 0 Å². The van der Waals surface area contributed by atoms with Crippen LogP contribution in [0.15, 0.2) is 17.5 Å². The number of rotatable bonds is 3. The molecular weight excluding hydrogens is 170 g/mol. The molecule has 1 amide bonds. The number of carbonyl (C=O) groups is 1. The number of carbonyl (C=O) groups excluding carboxylic acids is 1. The summed E-state index contributed by atoms with van der Waals surface area (Å²) in [6.07, 6.45) is 4.01. The van der Waals surface area contributed by atoms with E-state index in [9.17, 15) is 4.79 Å². The van der Waals surface area contributed by atoms with Crippen LogP contribution in [0.25, 0.3) is 6.08 Å². The van der Waals surface area contributed by atoms with Gasteiger partial charge in [0.1, 0.15) is 0 Å². The molecule has 0 fully saturated rings. The Bertz CT molecular complexity index is 301. The SMILES string of the molecule is Cc1cc(C=CCC(N)=O)cs1. The van der Waals surface area contributed by atoms with Crippen LogP contribution in [0.4, 0.5) is 0 Å². The highest BCUT2D eigenvalue weighted by atomic mass is 32.1. The number of amides is 1. The van der Waals surface area contributed by atoms with Crippen molar-refractivity contribution in [3.8, 4) is 0 Å². The Morgan fingerprint density at radius 1 is 1.75 bits per heavy atom. The van der Waals surface area contributed by atoms with Gasteiger partial charge in [-0.05, 0) is 23.9 Å². The van der Waals surface area contributed by atoms with Gasteiger partial charge in [0, 0.05) is 11.3 Å². The molecule has 0 unspecified atom stereocenters. The molecule has 0 spiro atoms. The summed E-state index contributed by atoms with van der Waals surface area (Å²) >= 11 is 1.70. The monoisotopic (exact) mass is 181 g/mol. The summed E-state index contributed by atoms with van der Waals surface area (Å²) < 4.78 is 0. The van der Waals surface area contributed by atoms with Gasteiger partial charge in [0.2, 0.25) is 5.91 Å². The molecule has 0 aliphatic carbocycles. The Hall–Kier alpha value is -1.09. The number of primary amides is 1. The van der Waals surface area contributed by atoms with Crippen LogP contribution < -0.4 is 5.73 Å². The van der Waals surface area contributed by atoms with Crippen LogP contribution in [0.1, 0.15) is 16.9 Å². The van der Waals surface area contributed by atoms with Gasteiger partial charge < -0.3 is 5.73 Å². The molecule has 0 saturated carbocycles. The molecule has 0 aliphatic heterocycles. The molecule has 1 aromatic heterocycles. The molecule has 1 heterocycles. The maximum atomic E-state index is 10.4. The van der Waals surface area contributed by atoms with Crippen molar-refractivity contribution in [1.29, 1.82) is 0 Å². The third-order valence-corrected chi connectivity index (χ3v) is 2.26. The predicted molar refractivity (Wildman–Crippen MR) is 51.9 cm³/mol. The van der Waals surface area contributed by atoms with Gasteiger partial charge in [0.25, 0.3) is 0 Å². The van der Waals surface area contributed by atoms with E-state index in [2.05, 4.69) is 13.0 Å². The molecule has 1 aromatic rings. The van der Waals surface area contributed by atoms with E-state index < -0.39 is 0 Å². The lowest BCUT2D eigenvalue weighted by molar-refractivity contribution is -0.117. The summed E-state index contributed by atoms with van der Waals surface area (Å²) in [7, 11) is 0. The third-order valence-electron chi connectivity index (χ3n) is 1.38. The Morgan fingerprint density at radius 2 is 2.50 bits per heavy atom. The Morgan fingerprint density at radius 3 is 3.00 bits per heavy atom. The standard InChI is InChI=1S/C9H11NOS/c1-7-5-8(6-12-7)3-2-4-9(10)11/h2-3,5-6H,4H2,1H3,(H2,10,11). The molecule has 2 nitrogen and oxygen atoms in total. The van der Waals surface area contributed by atoms with Gasteiger partial charge in [-0.2, -0.15) is 0 Å². The van der Waals surface area contributed by atoms with Gasteiger partial charge in [-0.25, -0.2) is 0 Å². The summed E-state index contributed by atoms with van der Waals surface area (Å²) in [5.74, 6) is -0.293. The molecule has 64 valence electrons. The summed E-state index contributed by atoms with van der Waals surface area (Å²) in [5, 5.41) is 2.05. The smallest absolute Gasteiger partial charge is 0.221 e. The van der Waals surface area contributed by atoms with Gasteiger partial charge >= 0.3 is 0 Å². The van der Waals surface area contributed by atoms with Crippen molar-refractivity contribution in [2.24, 2.45) is 5.73 Å². The van der Waals surface area contributed by atoms with Gasteiger partial charge in [0.05, 0.1) is 0 Å². The lowest BCUT2D eigenvalue weighted by Crippen LogP contribution is -2.07. The number of hydrogen-bond donors (Lipinski definition) is 1. The minimum atomic E-state index is -0.293. The first-order valence-electron chi connectivity index (χ1n) is 3.68. The second kappa shape index (κ2) is 4.07. The molecule has 0 atom stereocenters. The van der Waals surface area contributed by atoms with Crippen LogP contribution >= 0.6 is 11.3 Å². The van der Waals surface area contributed by atoms with Crippen molar-refractivity contribution in [3.05, 3.63) is 28.0 Å². The first-order valence-corrected chi connectivity index (χ1v) is 4.56. The Balaban J connectivity index is 2.52. The minimum absolute atomic E-state index is 0.293. The van der Waals surface area contributed by atoms with Crippen molar-refractivity contribution in [1.82, 2.24) is 0 Å². The first kappa shape index (κ1) is 9.00. The average molecular weight is 181 g/mol. The van der Waals surface area contributed by atoms with Crippen LogP contribution in [0.5, 0.6) is 0 Å². The van der Waals surface area contributed by atoms with Crippen LogP contribution in [-0.2, 0) is 4.79 Å². The average Bonchev–Trinajstić information content (AvgIpc) is 2.35. The molecular formula is C9H11NOS. The molecule has 2 N–H and O–H groups in total. The van der Waals surface area contributed by atoms with Crippen LogP contribution in [0.3, 0.4) is 0 Å².